The molecule has 2 aliphatic heterocycles. The van der Waals surface area contributed by atoms with E-state index >= 15 is 0 Å². The van der Waals surface area contributed by atoms with Crippen LogP contribution in [0.5, 0.6) is 0 Å². The summed E-state index contributed by atoms with van der Waals surface area (Å²) in [4.78, 5) is 29.1. The molecule has 2 aromatic rings. The molecule has 9 heteroatoms. The number of nitrogens with one attached hydrogen (secondary N) is 2. The molecule has 2 N–H and O–H groups in total. The maximum absolute atomic E-state index is 13.4. The third kappa shape index (κ3) is 4.45. The first kappa shape index (κ1) is 21.5. The predicted molar refractivity (Wildman–Crippen MR) is 127 cm³/mol. The van der Waals surface area contributed by atoms with Gasteiger partial charge in [0.25, 0.3) is 5.91 Å². The maximum atomic E-state index is 13.4. The number of carbonyl (C=O) groups excluding carboxylic acids is 2. The fraction of sp³-hybridized carbons (Fsp3) is 0.458. The van der Waals surface area contributed by atoms with Crippen molar-refractivity contribution in [3.8, 4) is 0 Å². The highest BCUT2D eigenvalue weighted by Gasteiger charge is 2.26. The average Bonchev–Trinajstić information content (AvgIpc) is 3.44. The summed E-state index contributed by atoms with van der Waals surface area (Å²) < 4.78 is 7.32. The molecule has 33 heavy (non-hydrogen) atoms. The molecule has 0 spiro atoms. The van der Waals surface area contributed by atoms with E-state index in [-0.39, 0.29) is 11.9 Å². The predicted octanol–water partition coefficient (Wildman–Crippen LogP) is 3.22. The second-order valence-electron chi connectivity index (χ2n) is 8.61. The first-order valence-corrected chi connectivity index (χ1v) is 11.7. The van der Waals surface area contributed by atoms with Gasteiger partial charge in [-0.05, 0) is 55.0 Å². The van der Waals surface area contributed by atoms with Crippen molar-refractivity contribution in [2.24, 2.45) is 0 Å². The SMILES string of the molecule is CNC(=O)Nc1cc2n(n1)CCN2c1cc(C(=O)N2CCOCC2)cc(C2=CCCCC2)c1. The van der Waals surface area contributed by atoms with Crippen LogP contribution in [-0.4, -0.2) is 66.5 Å². The Morgan fingerprint density at radius 2 is 1.88 bits per heavy atom. The van der Waals surface area contributed by atoms with Crippen LogP contribution in [0.3, 0.4) is 0 Å². The van der Waals surface area contributed by atoms with E-state index in [1.165, 1.54) is 18.4 Å². The van der Waals surface area contributed by atoms with Crippen LogP contribution in [0.2, 0.25) is 0 Å². The Balaban J connectivity index is 1.50. The van der Waals surface area contributed by atoms with Crippen LogP contribution in [0.25, 0.3) is 5.57 Å². The van der Waals surface area contributed by atoms with Gasteiger partial charge in [-0.2, -0.15) is 5.10 Å². The van der Waals surface area contributed by atoms with Crippen LogP contribution in [0, 0.1) is 0 Å². The Labute approximate surface area is 193 Å². The highest BCUT2D eigenvalue weighted by Crippen LogP contribution is 2.36. The van der Waals surface area contributed by atoms with E-state index in [4.69, 9.17) is 4.74 Å². The number of carbonyl (C=O) groups is 2. The molecule has 1 aliphatic carbocycles. The number of hydrogen-bond donors (Lipinski definition) is 2. The zero-order chi connectivity index (χ0) is 22.8. The Hall–Kier alpha value is -3.33. The van der Waals surface area contributed by atoms with E-state index in [1.807, 2.05) is 27.8 Å². The lowest BCUT2D eigenvalue weighted by Crippen LogP contribution is -2.40. The highest BCUT2D eigenvalue weighted by atomic mass is 16.5. The van der Waals surface area contributed by atoms with Gasteiger partial charge in [0.1, 0.15) is 5.82 Å². The molecule has 5 rings (SSSR count). The molecular weight excluding hydrogens is 420 g/mol. The minimum absolute atomic E-state index is 0.0486. The molecule has 3 aliphatic rings. The van der Waals surface area contributed by atoms with Crippen LogP contribution in [0.1, 0.15) is 41.6 Å². The first-order chi connectivity index (χ1) is 16.1. The van der Waals surface area contributed by atoms with Gasteiger partial charge in [-0.3, -0.25) is 10.1 Å². The van der Waals surface area contributed by atoms with Gasteiger partial charge in [0.15, 0.2) is 5.82 Å². The van der Waals surface area contributed by atoms with Crippen molar-refractivity contribution in [1.82, 2.24) is 20.0 Å². The van der Waals surface area contributed by atoms with Crippen molar-refractivity contribution in [1.29, 1.82) is 0 Å². The Morgan fingerprint density at radius 3 is 2.64 bits per heavy atom. The molecule has 3 heterocycles. The smallest absolute Gasteiger partial charge is 0.320 e. The number of aromatic nitrogens is 2. The number of fused-ring (bicyclic) bond motifs is 1. The lowest BCUT2D eigenvalue weighted by molar-refractivity contribution is 0.0303. The van der Waals surface area contributed by atoms with E-state index in [0.29, 0.717) is 44.2 Å². The van der Waals surface area contributed by atoms with Gasteiger partial charge in [0, 0.05) is 44.0 Å². The summed E-state index contributed by atoms with van der Waals surface area (Å²) in [6.45, 7) is 3.87. The van der Waals surface area contributed by atoms with Crippen molar-refractivity contribution in [2.75, 3.05) is 50.1 Å². The van der Waals surface area contributed by atoms with Crippen LogP contribution < -0.4 is 15.5 Å². The third-order valence-electron chi connectivity index (χ3n) is 6.48. The van der Waals surface area contributed by atoms with E-state index in [9.17, 15) is 9.59 Å². The monoisotopic (exact) mass is 450 g/mol. The molecule has 0 bridgehead atoms. The number of benzene rings is 1. The lowest BCUT2D eigenvalue weighted by Gasteiger charge is -2.28. The number of anilines is 3. The molecule has 0 atom stereocenters. The molecular formula is C24H30N6O3. The Kier molecular flexibility index (Phi) is 6.04. The van der Waals surface area contributed by atoms with Gasteiger partial charge in [0.2, 0.25) is 0 Å². The van der Waals surface area contributed by atoms with Crippen LogP contribution in [0.4, 0.5) is 22.1 Å². The lowest BCUT2D eigenvalue weighted by atomic mass is 9.92. The van der Waals surface area contributed by atoms with E-state index < -0.39 is 0 Å². The third-order valence-corrected chi connectivity index (χ3v) is 6.48. The van der Waals surface area contributed by atoms with Gasteiger partial charge in [-0.25, -0.2) is 9.48 Å². The summed E-state index contributed by atoms with van der Waals surface area (Å²) in [5, 5.41) is 9.78. The average molecular weight is 451 g/mol. The number of nitrogens with zero attached hydrogens (tertiary/aromatic N) is 4. The van der Waals surface area contributed by atoms with Crippen LogP contribution >= 0.6 is 0 Å². The molecule has 174 valence electrons. The number of hydrogen-bond acceptors (Lipinski definition) is 5. The second-order valence-corrected chi connectivity index (χ2v) is 8.61. The van der Waals surface area contributed by atoms with Gasteiger partial charge in [-0.1, -0.05) is 6.08 Å². The summed E-state index contributed by atoms with van der Waals surface area (Å²) >= 11 is 0. The second kappa shape index (κ2) is 9.27. The number of amides is 3. The van der Waals surface area contributed by atoms with Crippen molar-refractivity contribution in [3.63, 3.8) is 0 Å². The molecule has 3 amide bonds. The summed E-state index contributed by atoms with van der Waals surface area (Å²) in [5.74, 6) is 1.46. The molecule has 1 fully saturated rings. The minimum Gasteiger partial charge on any atom is -0.378 e. The molecule has 0 radical (unpaired) electrons. The topological polar surface area (TPSA) is 91.7 Å². The molecule has 0 saturated carbocycles. The van der Waals surface area contributed by atoms with Crippen molar-refractivity contribution in [2.45, 2.75) is 32.2 Å². The largest absolute Gasteiger partial charge is 0.378 e. The van der Waals surface area contributed by atoms with Crippen LogP contribution in [0.15, 0.2) is 30.3 Å². The fourth-order valence-electron chi connectivity index (χ4n) is 4.72. The highest BCUT2D eigenvalue weighted by molar-refractivity contribution is 5.97. The van der Waals surface area contributed by atoms with Gasteiger partial charge in [-0.15, -0.1) is 0 Å². The standard InChI is InChI=1S/C24H30N6O3/c1-25-24(32)26-21-16-22-29(7-8-30(22)27-21)20-14-18(17-5-3-2-4-6-17)13-19(15-20)23(31)28-9-11-33-12-10-28/h5,13-16H,2-4,6-12H2,1H3,(H2,25,26,27,32). The minimum atomic E-state index is -0.303. The van der Waals surface area contributed by atoms with Gasteiger partial charge < -0.3 is 19.9 Å². The van der Waals surface area contributed by atoms with Crippen molar-refractivity contribution in [3.05, 3.63) is 41.5 Å². The molecule has 1 aromatic carbocycles. The number of urea groups is 1. The van der Waals surface area contributed by atoms with Crippen LogP contribution in [-0.2, 0) is 11.3 Å². The number of rotatable bonds is 4. The van der Waals surface area contributed by atoms with Crippen molar-refractivity contribution < 1.29 is 14.3 Å². The fourth-order valence-corrected chi connectivity index (χ4v) is 4.72. The molecule has 1 saturated heterocycles. The van der Waals surface area contributed by atoms with E-state index in [2.05, 4.69) is 32.8 Å². The first-order valence-electron chi connectivity index (χ1n) is 11.7. The number of ether oxygens (including phenoxy) is 1. The van der Waals surface area contributed by atoms with E-state index in [0.717, 1.165) is 36.5 Å². The van der Waals surface area contributed by atoms with Gasteiger partial charge >= 0.3 is 6.03 Å². The molecule has 9 nitrogen and oxygen atoms in total. The maximum Gasteiger partial charge on any atom is 0.320 e. The summed E-state index contributed by atoms with van der Waals surface area (Å²) in [7, 11) is 1.57. The zero-order valence-corrected chi connectivity index (χ0v) is 19.0. The molecule has 1 aromatic heterocycles. The summed E-state index contributed by atoms with van der Waals surface area (Å²) in [6.07, 6.45) is 6.82. The number of allylic oxidation sites excluding steroid dienone is 2. The Bertz CT molecular complexity index is 1090. The molecule has 0 unspecified atom stereocenters. The number of morpholine rings is 1. The Morgan fingerprint density at radius 1 is 1.03 bits per heavy atom. The summed E-state index contributed by atoms with van der Waals surface area (Å²) in [5.41, 5.74) is 4.11. The van der Waals surface area contributed by atoms with Gasteiger partial charge in [0.05, 0.1) is 19.8 Å². The van der Waals surface area contributed by atoms with E-state index in [1.54, 1.807) is 7.05 Å². The zero-order valence-electron chi connectivity index (χ0n) is 19.0. The quantitative estimate of drug-likeness (QED) is 0.746. The normalized spacial score (nSPS) is 18.0. The summed E-state index contributed by atoms with van der Waals surface area (Å²) in [6, 6.07) is 7.78. The van der Waals surface area contributed by atoms with Crippen molar-refractivity contribution >= 4 is 34.8 Å².